The Bertz CT molecular complexity index is 389. The van der Waals surface area contributed by atoms with Crippen LogP contribution in [0.4, 0.5) is 0 Å². The third-order valence-corrected chi connectivity index (χ3v) is 2.80. The molecule has 0 aliphatic heterocycles. The predicted octanol–water partition coefficient (Wildman–Crippen LogP) is 1.28. The number of carboxylic acid groups (broad SMARTS) is 1. The second-order valence-electron chi connectivity index (χ2n) is 3.74. The van der Waals surface area contributed by atoms with Crippen LogP contribution >= 0.6 is 0 Å². The summed E-state index contributed by atoms with van der Waals surface area (Å²) in [6.45, 7) is 0. The van der Waals surface area contributed by atoms with Gasteiger partial charge in [0.15, 0.2) is 0 Å². The van der Waals surface area contributed by atoms with Gasteiger partial charge >= 0.3 is 5.97 Å². The number of hydrogen-bond acceptors (Lipinski definition) is 3. The van der Waals surface area contributed by atoms with E-state index in [0.29, 0.717) is 18.7 Å². The number of aryl methyl sites for hydroxylation is 1. The number of fused-ring (bicyclic) bond motifs is 1. The van der Waals surface area contributed by atoms with Gasteiger partial charge in [-0.2, -0.15) is 0 Å². The van der Waals surface area contributed by atoms with Crippen LogP contribution in [-0.4, -0.2) is 23.2 Å². The lowest BCUT2D eigenvalue weighted by atomic mass is 9.87. The summed E-state index contributed by atoms with van der Waals surface area (Å²) >= 11 is 0. The second-order valence-corrected chi connectivity index (χ2v) is 3.74. The summed E-state index contributed by atoms with van der Waals surface area (Å²) in [5.74, 6) is -0.470. The Balaban J connectivity index is 2.27. The first kappa shape index (κ1) is 9.96. The molecule has 1 unspecified atom stereocenters. The van der Waals surface area contributed by atoms with Gasteiger partial charge in [-0.05, 0) is 18.4 Å². The van der Waals surface area contributed by atoms with E-state index >= 15 is 0 Å². The number of rotatable bonds is 2. The molecule has 1 aliphatic carbocycles. The van der Waals surface area contributed by atoms with Crippen molar-refractivity contribution < 1.29 is 14.6 Å². The van der Waals surface area contributed by atoms with Gasteiger partial charge in [0.05, 0.1) is 13.0 Å². The Labute approximate surface area is 87.9 Å². The molecule has 1 aliphatic rings. The zero-order valence-corrected chi connectivity index (χ0v) is 8.56. The minimum Gasteiger partial charge on any atom is -0.481 e. The Hall–Kier alpha value is -1.58. The largest absolute Gasteiger partial charge is 0.481 e. The Morgan fingerprint density at radius 1 is 1.60 bits per heavy atom. The first-order valence-electron chi connectivity index (χ1n) is 4.96. The molecule has 80 valence electrons. The standard InChI is InChI=1S/C11H13NO3/c1-15-10-5-4-7-2-3-8(11(13)14)6-9(7)12-10/h4-5,8H,2-3,6H2,1H3,(H,13,14). The number of carboxylic acids is 1. The summed E-state index contributed by atoms with van der Waals surface area (Å²) in [5, 5.41) is 8.93. The first-order chi connectivity index (χ1) is 7.20. The third kappa shape index (κ3) is 1.93. The van der Waals surface area contributed by atoms with Crippen molar-refractivity contribution in [1.29, 1.82) is 0 Å². The van der Waals surface area contributed by atoms with Crippen LogP contribution in [-0.2, 0) is 17.6 Å². The number of aromatic nitrogens is 1. The molecule has 0 fully saturated rings. The third-order valence-electron chi connectivity index (χ3n) is 2.80. The van der Waals surface area contributed by atoms with Crippen LogP contribution in [0, 0.1) is 5.92 Å². The predicted molar refractivity (Wildman–Crippen MR) is 53.9 cm³/mol. The number of ether oxygens (including phenoxy) is 1. The SMILES string of the molecule is COc1ccc2c(n1)CC(C(=O)O)CC2. The maximum absolute atomic E-state index is 10.9. The highest BCUT2D eigenvalue weighted by molar-refractivity contribution is 5.70. The van der Waals surface area contributed by atoms with Gasteiger partial charge in [0.25, 0.3) is 0 Å². The van der Waals surface area contributed by atoms with Crippen LogP contribution in [0.2, 0.25) is 0 Å². The molecule has 1 N–H and O–H groups in total. The molecule has 0 spiro atoms. The van der Waals surface area contributed by atoms with Crippen LogP contribution in [0.15, 0.2) is 12.1 Å². The highest BCUT2D eigenvalue weighted by Crippen LogP contribution is 2.25. The summed E-state index contributed by atoms with van der Waals surface area (Å²) in [4.78, 5) is 15.1. The molecule has 2 rings (SSSR count). The molecule has 1 heterocycles. The fraction of sp³-hybridized carbons (Fsp3) is 0.455. The van der Waals surface area contributed by atoms with Gasteiger partial charge in [-0.3, -0.25) is 4.79 Å². The molecular formula is C11H13NO3. The average Bonchev–Trinajstić information content (AvgIpc) is 2.27. The van der Waals surface area contributed by atoms with Crippen molar-refractivity contribution in [2.45, 2.75) is 19.3 Å². The molecule has 15 heavy (non-hydrogen) atoms. The molecule has 1 aromatic rings. The zero-order valence-electron chi connectivity index (χ0n) is 8.56. The first-order valence-corrected chi connectivity index (χ1v) is 4.96. The minimum atomic E-state index is -0.731. The van der Waals surface area contributed by atoms with E-state index in [-0.39, 0.29) is 5.92 Å². The van der Waals surface area contributed by atoms with E-state index in [1.807, 2.05) is 12.1 Å². The van der Waals surface area contributed by atoms with Gasteiger partial charge in [0.1, 0.15) is 0 Å². The monoisotopic (exact) mass is 207 g/mol. The van der Waals surface area contributed by atoms with Crippen LogP contribution < -0.4 is 4.74 Å². The lowest BCUT2D eigenvalue weighted by molar-refractivity contribution is -0.142. The molecule has 4 nitrogen and oxygen atoms in total. The van der Waals surface area contributed by atoms with E-state index < -0.39 is 5.97 Å². The van der Waals surface area contributed by atoms with Crippen molar-refractivity contribution in [2.24, 2.45) is 5.92 Å². The molecule has 1 atom stereocenters. The van der Waals surface area contributed by atoms with Crippen molar-refractivity contribution in [3.63, 3.8) is 0 Å². The van der Waals surface area contributed by atoms with E-state index in [9.17, 15) is 4.79 Å². The average molecular weight is 207 g/mol. The molecular weight excluding hydrogens is 194 g/mol. The lowest BCUT2D eigenvalue weighted by Gasteiger charge is -2.20. The van der Waals surface area contributed by atoms with Gasteiger partial charge in [-0.15, -0.1) is 0 Å². The van der Waals surface area contributed by atoms with E-state index in [2.05, 4.69) is 4.98 Å². The zero-order chi connectivity index (χ0) is 10.8. The quantitative estimate of drug-likeness (QED) is 0.793. The Kier molecular flexibility index (Phi) is 2.58. The number of aliphatic carboxylic acids is 1. The highest BCUT2D eigenvalue weighted by Gasteiger charge is 2.25. The topological polar surface area (TPSA) is 59.4 Å². The van der Waals surface area contributed by atoms with Crippen molar-refractivity contribution in [2.75, 3.05) is 7.11 Å². The molecule has 0 aromatic carbocycles. The van der Waals surface area contributed by atoms with Gasteiger partial charge in [-0.25, -0.2) is 4.98 Å². The molecule has 1 aromatic heterocycles. The summed E-state index contributed by atoms with van der Waals surface area (Å²) in [6, 6.07) is 3.79. The van der Waals surface area contributed by atoms with Crippen LogP contribution in [0.1, 0.15) is 17.7 Å². The van der Waals surface area contributed by atoms with E-state index in [1.54, 1.807) is 7.11 Å². The second kappa shape index (κ2) is 3.88. The van der Waals surface area contributed by atoms with Crippen molar-refractivity contribution in [3.05, 3.63) is 23.4 Å². The van der Waals surface area contributed by atoms with Gasteiger partial charge < -0.3 is 9.84 Å². The fourth-order valence-electron chi connectivity index (χ4n) is 1.90. The van der Waals surface area contributed by atoms with Crippen LogP contribution in [0.5, 0.6) is 5.88 Å². The van der Waals surface area contributed by atoms with E-state index in [1.165, 1.54) is 0 Å². The van der Waals surface area contributed by atoms with Crippen LogP contribution in [0.25, 0.3) is 0 Å². The van der Waals surface area contributed by atoms with Crippen LogP contribution in [0.3, 0.4) is 0 Å². The summed E-state index contributed by atoms with van der Waals surface area (Å²) in [7, 11) is 1.56. The minimum absolute atomic E-state index is 0.294. The molecule has 0 amide bonds. The smallest absolute Gasteiger partial charge is 0.306 e. The van der Waals surface area contributed by atoms with Crippen molar-refractivity contribution in [1.82, 2.24) is 4.98 Å². The fourth-order valence-corrected chi connectivity index (χ4v) is 1.90. The summed E-state index contributed by atoms with van der Waals surface area (Å²) in [6.07, 6.45) is 2.02. The molecule has 0 saturated carbocycles. The Morgan fingerprint density at radius 2 is 2.40 bits per heavy atom. The van der Waals surface area contributed by atoms with Crippen molar-refractivity contribution >= 4 is 5.97 Å². The normalized spacial score (nSPS) is 19.4. The van der Waals surface area contributed by atoms with E-state index in [0.717, 1.165) is 17.7 Å². The van der Waals surface area contributed by atoms with Gasteiger partial charge in [0.2, 0.25) is 5.88 Å². The van der Waals surface area contributed by atoms with Gasteiger partial charge in [-0.1, -0.05) is 6.07 Å². The number of methoxy groups -OCH3 is 1. The summed E-state index contributed by atoms with van der Waals surface area (Å²) in [5.41, 5.74) is 2.02. The number of hydrogen-bond donors (Lipinski definition) is 1. The number of carbonyl (C=O) groups is 1. The molecule has 4 heteroatoms. The highest BCUT2D eigenvalue weighted by atomic mass is 16.5. The lowest BCUT2D eigenvalue weighted by Crippen LogP contribution is -2.23. The van der Waals surface area contributed by atoms with E-state index in [4.69, 9.17) is 9.84 Å². The van der Waals surface area contributed by atoms with Gasteiger partial charge in [0, 0.05) is 18.2 Å². The maximum Gasteiger partial charge on any atom is 0.306 e. The number of pyridine rings is 1. The molecule has 0 saturated heterocycles. The molecule has 0 bridgehead atoms. The van der Waals surface area contributed by atoms with Crippen molar-refractivity contribution in [3.8, 4) is 5.88 Å². The number of nitrogens with zero attached hydrogens (tertiary/aromatic N) is 1. The Morgan fingerprint density at radius 3 is 3.07 bits per heavy atom. The molecule has 0 radical (unpaired) electrons. The maximum atomic E-state index is 10.9. The summed E-state index contributed by atoms with van der Waals surface area (Å²) < 4.78 is 5.02.